The molecule has 1 atom stereocenters. The predicted molar refractivity (Wildman–Crippen MR) is 148 cm³/mol. The molecule has 202 valence electrons. The van der Waals surface area contributed by atoms with Crippen LogP contribution in [0, 0.1) is 18.8 Å². The Bertz CT molecular complexity index is 799. The van der Waals surface area contributed by atoms with Gasteiger partial charge in [0, 0.05) is 44.4 Å². The first-order valence-corrected chi connectivity index (χ1v) is 13.3. The molecule has 1 amide bonds. The van der Waals surface area contributed by atoms with Crippen molar-refractivity contribution in [2.45, 2.75) is 44.9 Å². The highest BCUT2D eigenvalue weighted by atomic mass is 32.2. The Hall–Kier alpha value is -2.26. The van der Waals surface area contributed by atoms with Crippen LogP contribution in [-0.2, 0) is 4.74 Å². The Morgan fingerprint density at radius 2 is 1.89 bits per heavy atom. The molecule has 0 spiro atoms. The number of amides is 1. The first-order valence-electron chi connectivity index (χ1n) is 12.6. The van der Waals surface area contributed by atoms with Gasteiger partial charge in [0.05, 0.1) is 7.11 Å². The number of ether oxygens (including phenoxy) is 2. The molecule has 2 aromatic carbocycles. The fraction of sp³-hybridized carbons (Fsp3) is 0.536. The number of aryl methyl sites for hydroxylation is 1. The van der Waals surface area contributed by atoms with Crippen LogP contribution < -0.4 is 10.1 Å². The van der Waals surface area contributed by atoms with Crippen LogP contribution >= 0.6 is 11.9 Å². The first-order chi connectivity index (χ1) is 17.3. The van der Waals surface area contributed by atoms with E-state index in [1.54, 1.807) is 19.1 Å². The van der Waals surface area contributed by atoms with Gasteiger partial charge in [-0.3, -0.25) is 0 Å². The van der Waals surface area contributed by atoms with Gasteiger partial charge in [0.1, 0.15) is 5.75 Å². The molecule has 3 rings (SSSR count). The maximum atomic E-state index is 10.4. The number of carbonyl (C=O) groups is 1. The van der Waals surface area contributed by atoms with Crippen LogP contribution in [0.15, 0.2) is 59.5 Å². The Balaban J connectivity index is 0.000000347. The van der Waals surface area contributed by atoms with E-state index in [2.05, 4.69) is 42.5 Å². The molecule has 1 heterocycles. The smallest absolute Gasteiger partial charge is 0.404 e. The average Bonchev–Trinajstić information content (AvgIpc) is 3.37. The van der Waals surface area contributed by atoms with Crippen molar-refractivity contribution in [3.05, 3.63) is 60.2 Å². The van der Waals surface area contributed by atoms with Crippen molar-refractivity contribution in [3.8, 4) is 5.75 Å². The molecule has 0 saturated carbocycles. The van der Waals surface area contributed by atoms with Gasteiger partial charge in [-0.05, 0) is 74.2 Å². The lowest BCUT2D eigenvalue weighted by atomic mass is 10.1. The van der Waals surface area contributed by atoms with Crippen LogP contribution in [0.2, 0.25) is 0 Å². The van der Waals surface area contributed by atoms with E-state index in [1.807, 2.05) is 42.5 Å². The number of benzene rings is 2. The number of hydrogen-bond donors (Lipinski definition) is 3. The lowest BCUT2D eigenvalue weighted by molar-refractivity contribution is 0.175. The molecule has 2 aromatic rings. The van der Waals surface area contributed by atoms with E-state index < -0.39 is 6.09 Å². The largest absolute Gasteiger partial charge is 0.497 e. The van der Waals surface area contributed by atoms with Crippen molar-refractivity contribution in [3.63, 3.8) is 0 Å². The second-order valence-electron chi connectivity index (χ2n) is 9.03. The fourth-order valence-corrected chi connectivity index (χ4v) is 4.49. The maximum absolute atomic E-state index is 10.4. The van der Waals surface area contributed by atoms with Gasteiger partial charge in [-0.25, -0.2) is 9.10 Å². The van der Waals surface area contributed by atoms with E-state index in [9.17, 15) is 4.79 Å². The Kier molecular flexibility index (Phi) is 17.5. The molecule has 3 N–H and O–H groups in total. The molecule has 0 bridgehead atoms. The zero-order valence-electron chi connectivity index (χ0n) is 22.2. The fourth-order valence-electron chi connectivity index (χ4n) is 3.35. The average molecular weight is 521 g/mol. The van der Waals surface area contributed by atoms with Gasteiger partial charge < -0.3 is 25.0 Å². The third-order valence-electron chi connectivity index (χ3n) is 5.23. The lowest BCUT2D eigenvalue weighted by Gasteiger charge is -2.23. The number of carboxylic acid groups (broad SMARTS) is 1. The van der Waals surface area contributed by atoms with Gasteiger partial charge in [0.15, 0.2) is 0 Å². The first kappa shape index (κ1) is 31.8. The Labute approximate surface area is 221 Å². The third-order valence-corrected chi connectivity index (χ3v) is 6.30. The van der Waals surface area contributed by atoms with E-state index in [-0.39, 0.29) is 0 Å². The zero-order valence-corrected chi connectivity index (χ0v) is 23.0. The minimum Gasteiger partial charge on any atom is -0.497 e. The van der Waals surface area contributed by atoms with Gasteiger partial charge >= 0.3 is 6.09 Å². The number of aliphatic hydroxyl groups excluding tert-OH is 1. The van der Waals surface area contributed by atoms with Crippen molar-refractivity contribution >= 4 is 18.0 Å². The maximum Gasteiger partial charge on any atom is 0.404 e. The van der Waals surface area contributed by atoms with Crippen molar-refractivity contribution in [2.75, 3.05) is 46.6 Å². The lowest BCUT2D eigenvalue weighted by Crippen LogP contribution is -2.27. The molecule has 8 heteroatoms. The molecular formula is C28H44N2O5S. The summed E-state index contributed by atoms with van der Waals surface area (Å²) in [5.74, 6) is 2.04. The highest BCUT2D eigenvalue weighted by molar-refractivity contribution is 7.97. The summed E-state index contributed by atoms with van der Waals surface area (Å²) in [5.41, 5.74) is 1.32. The molecule has 0 aromatic heterocycles. The topological polar surface area (TPSA) is 91.3 Å². The van der Waals surface area contributed by atoms with Crippen LogP contribution in [-0.4, -0.2) is 67.2 Å². The Morgan fingerprint density at radius 1 is 1.19 bits per heavy atom. The van der Waals surface area contributed by atoms with Crippen molar-refractivity contribution < 1.29 is 24.5 Å². The van der Waals surface area contributed by atoms with E-state index in [0.717, 1.165) is 56.2 Å². The summed E-state index contributed by atoms with van der Waals surface area (Å²) < 4.78 is 12.5. The minimum atomic E-state index is -0.965. The van der Waals surface area contributed by atoms with Crippen LogP contribution in [0.3, 0.4) is 0 Å². The molecule has 0 radical (unpaired) electrons. The minimum absolute atomic E-state index is 0.314. The normalized spacial score (nSPS) is 14.5. The van der Waals surface area contributed by atoms with Crippen LogP contribution in [0.4, 0.5) is 4.79 Å². The van der Waals surface area contributed by atoms with E-state index in [0.29, 0.717) is 25.0 Å². The van der Waals surface area contributed by atoms with E-state index in [4.69, 9.17) is 19.7 Å². The zero-order chi connectivity index (χ0) is 26.6. The van der Waals surface area contributed by atoms with Crippen LogP contribution in [0.25, 0.3) is 0 Å². The summed E-state index contributed by atoms with van der Waals surface area (Å²) in [6.45, 7) is 10.8. The number of nitrogens with zero attached hydrogens (tertiary/aromatic N) is 1. The SMILES string of the molecule is COc1ccc(SN(CCCNC(=O)O)CC(C)C)cc1.Cc1ccccc1.OCC[C@H]1CCOC1. The molecule has 36 heavy (non-hydrogen) atoms. The molecule has 1 saturated heterocycles. The number of rotatable bonds is 11. The number of methoxy groups -OCH3 is 1. The van der Waals surface area contributed by atoms with Crippen molar-refractivity contribution in [1.29, 1.82) is 0 Å². The van der Waals surface area contributed by atoms with Crippen molar-refractivity contribution in [2.24, 2.45) is 11.8 Å². The summed E-state index contributed by atoms with van der Waals surface area (Å²) in [4.78, 5) is 11.6. The quantitative estimate of drug-likeness (QED) is 0.258. The monoisotopic (exact) mass is 520 g/mol. The molecule has 1 aliphatic heterocycles. The Morgan fingerprint density at radius 3 is 2.36 bits per heavy atom. The summed E-state index contributed by atoms with van der Waals surface area (Å²) in [6, 6.07) is 18.2. The summed E-state index contributed by atoms with van der Waals surface area (Å²) in [6.07, 6.45) is 1.89. The predicted octanol–water partition coefficient (Wildman–Crippen LogP) is 5.72. The summed E-state index contributed by atoms with van der Waals surface area (Å²) >= 11 is 1.70. The molecule has 1 fully saturated rings. The molecule has 0 unspecified atom stereocenters. The number of aliphatic hydroxyl groups is 1. The third kappa shape index (κ3) is 16.4. The second kappa shape index (κ2) is 19.9. The van der Waals surface area contributed by atoms with E-state index >= 15 is 0 Å². The second-order valence-corrected chi connectivity index (χ2v) is 10.2. The van der Waals surface area contributed by atoms with Gasteiger partial charge in [-0.2, -0.15) is 0 Å². The number of nitrogens with one attached hydrogen (secondary N) is 1. The molecule has 7 nitrogen and oxygen atoms in total. The van der Waals surface area contributed by atoms with E-state index in [1.165, 1.54) is 5.56 Å². The summed E-state index contributed by atoms with van der Waals surface area (Å²) in [5, 5.41) is 19.4. The number of hydrogen-bond acceptors (Lipinski definition) is 6. The van der Waals surface area contributed by atoms with Gasteiger partial charge in [-0.15, -0.1) is 0 Å². The highest BCUT2D eigenvalue weighted by Crippen LogP contribution is 2.25. The van der Waals surface area contributed by atoms with Crippen molar-refractivity contribution in [1.82, 2.24) is 9.62 Å². The summed E-state index contributed by atoms with van der Waals surface area (Å²) in [7, 11) is 1.66. The van der Waals surface area contributed by atoms with Crippen LogP contribution in [0.5, 0.6) is 5.75 Å². The van der Waals surface area contributed by atoms with Gasteiger partial charge in [0.2, 0.25) is 0 Å². The van der Waals surface area contributed by atoms with Gasteiger partial charge in [0.25, 0.3) is 0 Å². The standard InChI is InChI=1S/C15H24N2O3S.C7H8.C6H12O2/c1-12(2)11-17(10-4-9-16-15(18)19)21-14-7-5-13(20-3)6-8-14;1-7-5-3-2-4-6-7;7-3-1-6-2-4-8-5-6/h5-8,12,16H,4,9-11H2,1-3H3,(H,18,19);2-6H,1H3;6-7H,1-5H2/t;;6-/m..0/s1. The molecule has 0 aliphatic carbocycles. The molecular weight excluding hydrogens is 476 g/mol. The van der Waals surface area contributed by atoms with Gasteiger partial charge in [-0.1, -0.05) is 49.7 Å². The molecule has 1 aliphatic rings. The highest BCUT2D eigenvalue weighted by Gasteiger charge is 2.13. The van der Waals surface area contributed by atoms with Crippen LogP contribution in [0.1, 0.15) is 38.7 Å².